The van der Waals surface area contributed by atoms with Crippen LogP contribution in [0.15, 0.2) is 24.4 Å². The maximum Gasteiger partial charge on any atom is 0.160 e. The highest BCUT2D eigenvalue weighted by Gasteiger charge is 2.13. The van der Waals surface area contributed by atoms with Gasteiger partial charge in [0.2, 0.25) is 0 Å². The smallest absolute Gasteiger partial charge is 0.160 e. The van der Waals surface area contributed by atoms with Crippen molar-refractivity contribution in [2.45, 2.75) is 45.2 Å². The third-order valence-electron chi connectivity index (χ3n) is 4.22. The van der Waals surface area contributed by atoms with Crippen LogP contribution in [0, 0.1) is 0 Å². The van der Waals surface area contributed by atoms with Crippen molar-refractivity contribution < 1.29 is 0 Å². The molecule has 0 radical (unpaired) electrons. The second-order valence-corrected chi connectivity index (χ2v) is 6.04. The lowest BCUT2D eigenvalue weighted by atomic mass is 10.2. The van der Waals surface area contributed by atoms with Gasteiger partial charge >= 0.3 is 0 Å². The molecule has 1 fully saturated rings. The van der Waals surface area contributed by atoms with Crippen LogP contribution < -0.4 is 5.32 Å². The zero-order valence-corrected chi connectivity index (χ0v) is 12.8. The number of nitrogens with one attached hydrogen (secondary N) is 1. The molecular formula is C16H25N5. The molecular weight excluding hydrogens is 262 g/mol. The first kappa shape index (κ1) is 14.5. The van der Waals surface area contributed by atoms with E-state index in [0.717, 1.165) is 24.6 Å². The van der Waals surface area contributed by atoms with Crippen molar-refractivity contribution in [2.24, 2.45) is 0 Å². The number of pyridine rings is 1. The van der Waals surface area contributed by atoms with Crippen molar-refractivity contribution in [1.29, 1.82) is 0 Å². The summed E-state index contributed by atoms with van der Waals surface area (Å²) in [5.41, 5.74) is 0.912. The molecule has 1 aliphatic heterocycles. The van der Waals surface area contributed by atoms with Crippen LogP contribution in [0.1, 0.15) is 38.4 Å². The summed E-state index contributed by atoms with van der Waals surface area (Å²) >= 11 is 0. The Bertz CT molecular complexity index is 557. The van der Waals surface area contributed by atoms with E-state index in [-0.39, 0.29) is 0 Å². The van der Waals surface area contributed by atoms with Gasteiger partial charge in [0.1, 0.15) is 0 Å². The Labute approximate surface area is 126 Å². The van der Waals surface area contributed by atoms with E-state index in [4.69, 9.17) is 0 Å². The van der Waals surface area contributed by atoms with Crippen molar-refractivity contribution in [3.63, 3.8) is 0 Å². The molecule has 2 aromatic heterocycles. The van der Waals surface area contributed by atoms with Gasteiger partial charge in [-0.15, -0.1) is 10.2 Å². The maximum absolute atomic E-state index is 4.27. The molecule has 1 aliphatic rings. The summed E-state index contributed by atoms with van der Waals surface area (Å²) in [6, 6.07) is 6.46. The lowest BCUT2D eigenvalue weighted by Crippen LogP contribution is -2.39. The molecule has 21 heavy (non-hydrogen) atoms. The molecule has 0 bridgehead atoms. The Balaban J connectivity index is 1.52. The fourth-order valence-corrected chi connectivity index (χ4v) is 3.05. The first-order chi connectivity index (χ1) is 10.3. The van der Waals surface area contributed by atoms with Crippen molar-refractivity contribution in [3.05, 3.63) is 30.2 Å². The summed E-state index contributed by atoms with van der Waals surface area (Å²) in [6.45, 7) is 6.64. The fourth-order valence-electron chi connectivity index (χ4n) is 3.05. The number of fused-ring (bicyclic) bond motifs is 1. The molecule has 1 N–H and O–H groups in total. The molecule has 3 heterocycles. The van der Waals surface area contributed by atoms with Crippen LogP contribution in [0.5, 0.6) is 0 Å². The minimum atomic E-state index is 0.471. The van der Waals surface area contributed by atoms with Gasteiger partial charge < -0.3 is 10.2 Å². The van der Waals surface area contributed by atoms with Gasteiger partial charge in [0.25, 0.3) is 0 Å². The van der Waals surface area contributed by atoms with Crippen LogP contribution in [0.4, 0.5) is 0 Å². The molecule has 0 aliphatic carbocycles. The standard InChI is InChI=1S/C16H25N5/c1-14(13-20-9-5-2-3-6-10-20)17-12-16-19-18-15-8-4-7-11-21(15)16/h4,7-8,11,14,17H,2-3,5-6,9-10,12-13H2,1H3. The fraction of sp³-hybridized carbons (Fsp3) is 0.625. The Morgan fingerprint density at radius 3 is 2.76 bits per heavy atom. The van der Waals surface area contributed by atoms with Crippen LogP contribution >= 0.6 is 0 Å². The van der Waals surface area contributed by atoms with Crippen molar-refractivity contribution in [2.75, 3.05) is 19.6 Å². The van der Waals surface area contributed by atoms with Gasteiger partial charge in [-0.3, -0.25) is 4.40 Å². The third-order valence-corrected chi connectivity index (χ3v) is 4.22. The number of hydrogen-bond acceptors (Lipinski definition) is 4. The third kappa shape index (κ3) is 3.80. The highest BCUT2D eigenvalue weighted by atomic mass is 15.3. The predicted molar refractivity (Wildman–Crippen MR) is 84.2 cm³/mol. The molecule has 0 amide bonds. The second kappa shape index (κ2) is 7.00. The van der Waals surface area contributed by atoms with E-state index >= 15 is 0 Å². The summed E-state index contributed by atoms with van der Waals surface area (Å²) in [4.78, 5) is 2.59. The van der Waals surface area contributed by atoms with Crippen LogP contribution in [0.3, 0.4) is 0 Å². The number of likely N-dealkylation sites (tertiary alicyclic amines) is 1. The van der Waals surface area contributed by atoms with E-state index in [2.05, 4.69) is 27.3 Å². The number of nitrogens with zero attached hydrogens (tertiary/aromatic N) is 4. The van der Waals surface area contributed by atoms with E-state index < -0.39 is 0 Å². The summed E-state index contributed by atoms with van der Waals surface area (Å²) in [6.07, 6.45) is 7.50. The molecule has 5 nitrogen and oxygen atoms in total. The first-order valence-electron chi connectivity index (χ1n) is 8.07. The largest absolute Gasteiger partial charge is 0.306 e. The minimum Gasteiger partial charge on any atom is -0.306 e. The van der Waals surface area contributed by atoms with E-state index in [1.807, 2.05) is 28.8 Å². The molecule has 1 saturated heterocycles. The Kier molecular flexibility index (Phi) is 4.83. The van der Waals surface area contributed by atoms with Gasteiger partial charge in [-0.1, -0.05) is 18.9 Å². The van der Waals surface area contributed by atoms with Crippen LogP contribution in [0.25, 0.3) is 5.65 Å². The van der Waals surface area contributed by atoms with Crippen molar-refractivity contribution in [1.82, 2.24) is 24.8 Å². The second-order valence-electron chi connectivity index (χ2n) is 6.04. The Morgan fingerprint density at radius 2 is 1.95 bits per heavy atom. The average molecular weight is 287 g/mol. The topological polar surface area (TPSA) is 45.5 Å². The number of aromatic nitrogens is 3. The lowest BCUT2D eigenvalue weighted by Gasteiger charge is -2.24. The van der Waals surface area contributed by atoms with E-state index in [9.17, 15) is 0 Å². The molecule has 1 atom stereocenters. The van der Waals surface area contributed by atoms with Crippen molar-refractivity contribution in [3.8, 4) is 0 Å². The van der Waals surface area contributed by atoms with E-state index in [1.165, 1.54) is 38.8 Å². The normalized spacial score (nSPS) is 18.7. The monoisotopic (exact) mass is 287 g/mol. The van der Waals surface area contributed by atoms with E-state index in [0.29, 0.717) is 6.04 Å². The van der Waals surface area contributed by atoms with E-state index in [1.54, 1.807) is 0 Å². The molecule has 114 valence electrons. The molecule has 0 saturated carbocycles. The van der Waals surface area contributed by atoms with Gasteiger partial charge in [-0.2, -0.15) is 0 Å². The Hall–Kier alpha value is -1.46. The zero-order chi connectivity index (χ0) is 14.5. The van der Waals surface area contributed by atoms with Gasteiger partial charge in [-0.05, 0) is 45.0 Å². The van der Waals surface area contributed by atoms with Gasteiger partial charge in [0.05, 0.1) is 6.54 Å². The number of rotatable bonds is 5. The highest BCUT2D eigenvalue weighted by Crippen LogP contribution is 2.10. The molecule has 3 rings (SSSR count). The number of hydrogen-bond donors (Lipinski definition) is 1. The van der Waals surface area contributed by atoms with Crippen LogP contribution in [0.2, 0.25) is 0 Å². The van der Waals surface area contributed by atoms with Gasteiger partial charge in [0, 0.05) is 18.8 Å². The molecule has 5 heteroatoms. The molecule has 2 aromatic rings. The summed E-state index contributed by atoms with van der Waals surface area (Å²) in [5, 5.41) is 12.0. The lowest BCUT2D eigenvalue weighted by molar-refractivity contribution is 0.255. The summed E-state index contributed by atoms with van der Waals surface area (Å²) in [5.74, 6) is 0.980. The Morgan fingerprint density at radius 1 is 1.14 bits per heavy atom. The van der Waals surface area contributed by atoms with Crippen molar-refractivity contribution >= 4 is 5.65 Å². The summed E-state index contributed by atoms with van der Waals surface area (Å²) in [7, 11) is 0. The van der Waals surface area contributed by atoms with Gasteiger partial charge in [-0.25, -0.2) is 0 Å². The highest BCUT2D eigenvalue weighted by molar-refractivity contribution is 5.36. The zero-order valence-electron chi connectivity index (χ0n) is 12.8. The predicted octanol–water partition coefficient (Wildman–Crippen LogP) is 2.08. The quantitative estimate of drug-likeness (QED) is 0.914. The average Bonchev–Trinajstić information content (AvgIpc) is 2.74. The minimum absolute atomic E-state index is 0.471. The molecule has 0 aromatic carbocycles. The van der Waals surface area contributed by atoms with Crippen LogP contribution in [-0.4, -0.2) is 45.2 Å². The van der Waals surface area contributed by atoms with Crippen LogP contribution in [-0.2, 0) is 6.54 Å². The first-order valence-corrected chi connectivity index (χ1v) is 8.07. The maximum atomic E-state index is 4.27. The molecule has 0 spiro atoms. The summed E-state index contributed by atoms with van der Waals surface area (Å²) < 4.78 is 2.05. The van der Waals surface area contributed by atoms with Gasteiger partial charge in [0.15, 0.2) is 11.5 Å². The molecule has 1 unspecified atom stereocenters. The SMILES string of the molecule is CC(CN1CCCCCC1)NCc1nnc2ccccn12.